The molecule has 0 saturated carbocycles. The zero-order chi connectivity index (χ0) is 13.5. The molecule has 0 aliphatic heterocycles. The molecule has 19 heavy (non-hydrogen) atoms. The van der Waals surface area contributed by atoms with Crippen LogP contribution in [-0.4, -0.2) is 4.98 Å². The van der Waals surface area contributed by atoms with E-state index in [1.54, 1.807) is 6.20 Å². The molecule has 0 amide bonds. The number of nitrogens with zero attached hydrogens (tertiary/aromatic N) is 1. The summed E-state index contributed by atoms with van der Waals surface area (Å²) >= 11 is 3.37. The molecular weight excluding hydrogens is 302 g/mol. The van der Waals surface area contributed by atoms with E-state index in [-0.39, 0.29) is 0 Å². The highest BCUT2D eigenvalue weighted by Gasteiger charge is 1.98. The Morgan fingerprint density at radius 1 is 1.11 bits per heavy atom. The number of benzene rings is 1. The van der Waals surface area contributed by atoms with E-state index in [0.717, 1.165) is 22.3 Å². The summed E-state index contributed by atoms with van der Waals surface area (Å²) in [5, 5.41) is 0. The summed E-state index contributed by atoms with van der Waals surface area (Å²) in [4.78, 5) is 4.28. The highest BCUT2D eigenvalue weighted by Crippen LogP contribution is 2.15. The number of aromatic nitrogens is 1. The Morgan fingerprint density at radius 3 is 2.53 bits per heavy atom. The molecule has 0 unspecified atom stereocenters. The van der Waals surface area contributed by atoms with Gasteiger partial charge in [-0.15, -0.1) is 0 Å². The maximum absolute atomic E-state index is 5.71. The van der Waals surface area contributed by atoms with Gasteiger partial charge in [0.05, 0.1) is 5.69 Å². The number of pyridine rings is 1. The zero-order valence-electron chi connectivity index (χ0n) is 11.1. The summed E-state index contributed by atoms with van der Waals surface area (Å²) in [6.07, 6.45) is 5.40. The molecule has 0 bridgehead atoms. The Labute approximate surface area is 123 Å². The largest absolute Gasteiger partial charge is 0.487 e. The van der Waals surface area contributed by atoms with Gasteiger partial charge in [0.15, 0.2) is 0 Å². The molecule has 0 spiro atoms. The number of aryl methyl sites for hydroxylation is 1. The Hall–Kier alpha value is -1.35. The number of unbranched alkanes of at least 4 members (excludes halogenated alkanes) is 1. The van der Waals surface area contributed by atoms with E-state index in [2.05, 4.69) is 40.0 Å². The van der Waals surface area contributed by atoms with Crippen molar-refractivity contribution >= 4 is 15.9 Å². The molecular formula is C16H18BrNO. The van der Waals surface area contributed by atoms with Gasteiger partial charge < -0.3 is 4.74 Å². The van der Waals surface area contributed by atoms with Crippen LogP contribution in [0.1, 0.15) is 31.0 Å². The number of rotatable bonds is 6. The van der Waals surface area contributed by atoms with Crippen LogP contribution >= 0.6 is 15.9 Å². The Morgan fingerprint density at radius 2 is 1.89 bits per heavy atom. The van der Waals surface area contributed by atoms with Gasteiger partial charge in [-0.3, -0.25) is 4.98 Å². The van der Waals surface area contributed by atoms with E-state index in [9.17, 15) is 0 Å². The first-order chi connectivity index (χ1) is 9.28. The molecule has 0 fully saturated rings. The molecule has 3 heteroatoms. The normalized spacial score (nSPS) is 10.4. The van der Waals surface area contributed by atoms with Gasteiger partial charge in [-0.1, -0.05) is 25.5 Å². The summed E-state index contributed by atoms with van der Waals surface area (Å²) in [5.74, 6) is 0.893. The lowest BCUT2D eigenvalue weighted by Gasteiger charge is -2.07. The predicted octanol–water partition coefficient (Wildman–Crippen LogP) is 4.77. The molecule has 2 aromatic rings. The lowest BCUT2D eigenvalue weighted by molar-refractivity contribution is 0.301. The van der Waals surface area contributed by atoms with E-state index in [0.29, 0.717) is 6.61 Å². The third-order valence-electron chi connectivity index (χ3n) is 2.92. The number of ether oxygens (including phenoxy) is 1. The van der Waals surface area contributed by atoms with Gasteiger partial charge in [0.2, 0.25) is 0 Å². The molecule has 0 aliphatic carbocycles. The topological polar surface area (TPSA) is 22.1 Å². The summed E-state index contributed by atoms with van der Waals surface area (Å²) in [7, 11) is 0. The van der Waals surface area contributed by atoms with E-state index < -0.39 is 0 Å². The van der Waals surface area contributed by atoms with Crippen LogP contribution in [0.3, 0.4) is 0 Å². The maximum Gasteiger partial charge on any atom is 0.130 e. The molecule has 0 radical (unpaired) electrons. The van der Waals surface area contributed by atoms with Gasteiger partial charge in [0.25, 0.3) is 0 Å². The minimum absolute atomic E-state index is 0.502. The maximum atomic E-state index is 5.71. The molecule has 2 rings (SSSR count). The van der Waals surface area contributed by atoms with Crippen molar-refractivity contribution in [2.75, 3.05) is 0 Å². The van der Waals surface area contributed by atoms with E-state index in [1.165, 1.54) is 18.4 Å². The minimum Gasteiger partial charge on any atom is -0.487 e. The van der Waals surface area contributed by atoms with Crippen LogP contribution in [0.25, 0.3) is 0 Å². The van der Waals surface area contributed by atoms with Crippen LogP contribution in [-0.2, 0) is 13.0 Å². The predicted molar refractivity (Wildman–Crippen MR) is 81.3 cm³/mol. The monoisotopic (exact) mass is 319 g/mol. The minimum atomic E-state index is 0.502. The average molecular weight is 320 g/mol. The van der Waals surface area contributed by atoms with Crippen molar-refractivity contribution in [3.63, 3.8) is 0 Å². The Balaban J connectivity index is 1.87. The zero-order valence-corrected chi connectivity index (χ0v) is 12.7. The second-order valence-electron chi connectivity index (χ2n) is 4.50. The van der Waals surface area contributed by atoms with Gasteiger partial charge >= 0.3 is 0 Å². The average Bonchev–Trinajstić information content (AvgIpc) is 2.46. The van der Waals surface area contributed by atoms with Crippen LogP contribution in [0, 0.1) is 0 Å². The van der Waals surface area contributed by atoms with E-state index >= 15 is 0 Å². The quantitative estimate of drug-likeness (QED) is 0.765. The molecule has 100 valence electrons. The standard InChI is InChI=1S/C16H18BrNO/c1-2-3-4-13-5-9-16(10-6-13)19-12-15-8-7-14(17)11-18-15/h5-11H,2-4,12H2,1H3. The molecule has 2 nitrogen and oxygen atoms in total. The van der Waals surface area contributed by atoms with E-state index in [4.69, 9.17) is 4.74 Å². The van der Waals surface area contributed by atoms with Crippen molar-refractivity contribution < 1.29 is 4.74 Å². The third-order valence-corrected chi connectivity index (χ3v) is 3.39. The summed E-state index contributed by atoms with van der Waals surface area (Å²) in [6.45, 7) is 2.71. The van der Waals surface area contributed by atoms with Crippen molar-refractivity contribution in [2.24, 2.45) is 0 Å². The van der Waals surface area contributed by atoms with Gasteiger partial charge in [-0.25, -0.2) is 0 Å². The summed E-state index contributed by atoms with van der Waals surface area (Å²) in [5.41, 5.74) is 2.30. The summed E-state index contributed by atoms with van der Waals surface area (Å²) < 4.78 is 6.70. The Bertz CT molecular complexity index is 493. The van der Waals surface area contributed by atoms with E-state index in [1.807, 2.05) is 24.3 Å². The first-order valence-electron chi connectivity index (χ1n) is 6.60. The lowest BCUT2D eigenvalue weighted by atomic mass is 10.1. The fourth-order valence-electron chi connectivity index (χ4n) is 1.78. The molecule has 1 heterocycles. The van der Waals surface area contributed by atoms with Crippen molar-refractivity contribution in [1.82, 2.24) is 4.98 Å². The first-order valence-corrected chi connectivity index (χ1v) is 7.39. The van der Waals surface area contributed by atoms with Crippen molar-refractivity contribution in [2.45, 2.75) is 32.8 Å². The second-order valence-corrected chi connectivity index (χ2v) is 5.42. The third kappa shape index (κ3) is 4.67. The van der Waals surface area contributed by atoms with Crippen LogP contribution in [0.4, 0.5) is 0 Å². The number of hydrogen-bond donors (Lipinski definition) is 0. The second kappa shape index (κ2) is 7.29. The molecule has 1 aromatic carbocycles. The van der Waals surface area contributed by atoms with Crippen molar-refractivity contribution in [1.29, 1.82) is 0 Å². The molecule has 0 atom stereocenters. The number of halogens is 1. The van der Waals surface area contributed by atoms with Crippen LogP contribution in [0.2, 0.25) is 0 Å². The van der Waals surface area contributed by atoms with Gasteiger partial charge in [-0.2, -0.15) is 0 Å². The van der Waals surface area contributed by atoms with Crippen LogP contribution < -0.4 is 4.74 Å². The van der Waals surface area contributed by atoms with Crippen LogP contribution in [0.15, 0.2) is 47.1 Å². The molecule has 0 saturated heterocycles. The van der Waals surface area contributed by atoms with Gasteiger partial charge in [0, 0.05) is 10.7 Å². The molecule has 0 N–H and O–H groups in total. The lowest BCUT2D eigenvalue weighted by Crippen LogP contribution is -1.97. The molecule has 0 aliphatic rings. The Kier molecular flexibility index (Phi) is 5.40. The highest BCUT2D eigenvalue weighted by atomic mass is 79.9. The highest BCUT2D eigenvalue weighted by molar-refractivity contribution is 9.10. The van der Waals surface area contributed by atoms with Crippen LogP contribution in [0.5, 0.6) is 5.75 Å². The number of hydrogen-bond acceptors (Lipinski definition) is 2. The van der Waals surface area contributed by atoms with Crippen molar-refractivity contribution in [3.8, 4) is 5.75 Å². The van der Waals surface area contributed by atoms with Crippen molar-refractivity contribution in [3.05, 3.63) is 58.3 Å². The molecule has 1 aromatic heterocycles. The first kappa shape index (κ1) is 14.1. The SMILES string of the molecule is CCCCc1ccc(OCc2ccc(Br)cn2)cc1. The van der Waals surface area contributed by atoms with Gasteiger partial charge in [-0.05, 0) is 58.6 Å². The summed E-state index contributed by atoms with van der Waals surface area (Å²) in [6, 6.07) is 12.3. The fraction of sp³-hybridized carbons (Fsp3) is 0.312. The fourth-order valence-corrected chi connectivity index (χ4v) is 2.02. The smallest absolute Gasteiger partial charge is 0.130 e. The van der Waals surface area contributed by atoms with Gasteiger partial charge in [0.1, 0.15) is 12.4 Å².